The molecule has 0 unspecified atom stereocenters. The maximum Gasteiger partial charge on any atom is 0.226 e. The highest BCUT2D eigenvalue weighted by atomic mass is 16.6. The summed E-state index contributed by atoms with van der Waals surface area (Å²) >= 11 is 0. The fourth-order valence-corrected chi connectivity index (χ4v) is 4.33. The van der Waals surface area contributed by atoms with E-state index >= 15 is 0 Å². The van der Waals surface area contributed by atoms with Crippen LogP contribution in [0.3, 0.4) is 0 Å². The first-order valence-electron chi connectivity index (χ1n) is 9.18. The monoisotopic (exact) mass is 330 g/mol. The highest BCUT2D eigenvalue weighted by Gasteiger charge is 2.36. The number of nitrogens with two attached hydrogens (primary N) is 1. The van der Waals surface area contributed by atoms with Gasteiger partial charge in [-0.1, -0.05) is 12.5 Å². The maximum absolute atomic E-state index is 13.0. The smallest absolute Gasteiger partial charge is 0.226 e. The fourth-order valence-electron chi connectivity index (χ4n) is 4.33. The maximum atomic E-state index is 13.0. The molecule has 1 amide bonds. The van der Waals surface area contributed by atoms with Crippen LogP contribution in [-0.2, 0) is 4.79 Å². The Morgan fingerprint density at radius 2 is 1.92 bits per heavy atom. The first kappa shape index (κ1) is 15.8. The van der Waals surface area contributed by atoms with E-state index in [0.717, 1.165) is 62.1 Å². The van der Waals surface area contributed by atoms with Gasteiger partial charge in [0.05, 0.1) is 6.04 Å². The molecule has 4 rings (SSSR count). The Kier molecular flexibility index (Phi) is 4.35. The second-order valence-electron chi connectivity index (χ2n) is 7.22. The van der Waals surface area contributed by atoms with Crippen molar-refractivity contribution in [1.29, 1.82) is 0 Å². The van der Waals surface area contributed by atoms with E-state index in [-0.39, 0.29) is 18.0 Å². The number of benzene rings is 1. The van der Waals surface area contributed by atoms with Crippen molar-refractivity contribution in [3.63, 3.8) is 0 Å². The van der Waals surface area contributed by atoms with Crippen molar-refractivity contribution in [2.24, 2.45) is 11.7 Å². The van der Waals surface area contributed by atoms with Crippen molar-refractivity contribution < 1.29 is 14.3 Å². The second-order valence-corrected chi connectivity index (χ2v) is 7.22. The molecule has 24 heavy (non-hydrogen) atoms. The molecule has 0 bridgehead atoms. The van der Waals surface area contributed by atoms with Gasteiger partial charge in [0, 0.05) is 18.5 Å². The molecular weight excluding hydrogens is 304 g/mol. The summed E-state index contributed by atoms with van der Waals surface area (Å²) in [6.07, 6.45) is 6.02. The van der Waals surface area contributed by atoms with E-state index in [0.29, 0.717) is 19.1 Å². The van der Waals surface area contributed by atoms with Gasteiger partial charge in [-0.15, -0.1) is 0 Å². The quantitative estimate of drug-likeness (QED) is 0.905. The van der Waals surface area contributed by atoms with E-state index in [4.69, 9.17) is 15.2 Å². The molecule has 2 fully saturated rings. The standard InChI is InChI=1S/C19H26N2O3/c20-15-4-1-3-14(11-15)19(22)21-8-2-5-16(21)13-6-7-17-18(12-13)24-10-9-23-17/h6-7,12,14-16H,1-5,8-11,20H2/t14-,15+,16-/m0/s1. The zero-order chi connectivity index (χ0) is 16.5. The van der Waals surface area contributed by atoms with Gasteiger partial charge in [0.25, 0.3) is 0 Å². The van der Waals surface area contributed by atoms with Crippen LogP contribution in [-0.4, -0.2) is 36.6 Å². The van der Waals surface area contributed by atoms with Crippen LogP contribution in [0, 0.1) is 5.92 Å². The first-order valence-corrected chi connectivity index (χ1v) is 9.18. The third-order valence-electron chi connectivity index (χ3n) is 5.55. The molecule has 0 radical (unpaired) electrons. The number of carbonyl (C=O) groups excluding carboxylic acids is 1. The highest BCUT2D eigenvalue weighted by molar-refractivity contribution is 5.80. The van der Waals surface area contributed by atoms with E-state index < -0.39 is 0 Å². The molecule has 1 aromatic carbocycles. The first-order chi connectivity index (χ1) is 11.7. The van der Waals surface area contributed by atoms with Crippen molar-refractivity contribution >= 4 is 5.91 Å². The Balaban J connectivity index is 1.53. The van der Waals surface area contributed by atoms with Crippen LogP contribution < -0.4 is 15.2 Å². The Labute approximate surface area is 143 Å². The summed E-state index contributed by atoms with van der Waals surface area (Å²) in [6, 6.07) is 6.45. The van der Waals surface area contributed by atoms with Crippen molar-refractivity contribution in [2.45, 2.75) is 50.6 Å². The molecule has 1 saturated carbocycles. The minimum atomic E-state index is 0.103. The number of carbonyl (C=O) groups is 1. The van der Waals surface area contributed by atoms with E-state index in [9.17, 15) is 4.79 Å². The third-order valence-corrected chi connectivity index (χ3v) is 5.55. The molecule has 0 aromatic heterocycles. The van der Waals surface area contributed by atoms with Crippen LogP contribution in [0.4, 0.5) is 0 Å². The van der Waals surface area contributed by atoms with Gasteiger partial charge in [0.15, 0.2) is 11.5 Å². The Morgan fingerprint density at radius 3 is 2.75 bits per heavy atom. The minimum Gasteiger partial charge on any atom is -0.486 e. The third kappa shape index (κ3) is 2.97. The lowest BCUT2D eigenvalue weighted by molar-refractivity contribution is -0.137. The SMILES string of the molecule is N[C@@H]1CCC[C@H](C(=O)N2CCC[C@H]2c2ccc3c(c2)OCCO3)C1. The number of hydrogen-bond donors (Lipinski definition) is 1. The normalized spacial score (nSPS) is 29.5. The zero-order valence-electron chi connectivity index (χ0n) is 14.1. The Hall–Kier alpha value is -1.75. The molecule has 3 atom stereocenters. The number of likely N-dealkylation sites (tertiary alicyclic amines) is 1. The summed E-state index contributed by atoms with van der Waals surface area (Å²) in [5, 5.41) is 0. The van der Waals surface area contributed by atoms with Crippen LogP contribution in [0.25, 0.3) is 0 Å². The highest BCUT2D eigenvalue weighted by Crippen LogP contribution is 2.39. The summed E-state index contributed by atoms with van der Waals surface area (Å²) in [6.45, 7) is 2.04. The summed E-state index contributed by atoms with van der Waals surface area (Å²) < 4.78 is 11.3. The summed E-state index contributed by atoms with van der Waals surface area (Å²) in [7, 11) is 0. The van der Waals surface area contributed by atoms with Crippen LogP contribution in [0.1, 0.15) is 50.1 Å². The van der Waals surface area contributed by atoms with Crippen molar-refractivity contribution in [3.05, 3.63) is 23.8 Å². The predicted octanol–water partition coefficient (Wildman–Crippen LogP) is 2.64. The zero-order valence-corrected chi connectivity index (χ0v) is 14.1. The molecule has 2 heterocycles. The van der Waals surface area contributed by atoms with Crippen molar-refractivity contribution in [1.82, 2.24) is 4.90 Å². The largest absolute Gasteiger partial charge is 0.486 e. The van der Waals surface area contributed by atoms with Crippen LogP contribution in [0.2, 0.25) is 0 Å². The summed E-state index contributed by atoms with van der Waals surface area (Å²) in [4.78, 5) is 15.1. The van der Waals surface area contributed by atoms with Crippen LogP contribution in [0.15, 0.2) is 18.2 Å². The molecule has 1 aromatic rings. The average Bonchev–Trinajstić information content (AvgIpc) is 3.10. The number of nitrogens with zero attached hydrogens (tertiary/aromatic N) is 1. The lowest BCUT2D eigenvalue weighted by Gasteiger charge is -2.33. The average molecular weight is 330 g/mol. The number of hydrogen-bond acceptors (Lipinski definition) is 4. The molecule has 130 valence electrons. The molecule has 2 N–H and O–H groups in total. The Bertz CT molecular complexity index is 619. The van der Waals surface area contributed by atoms with E-state index in [2.05, 4.69) is 17.0 Å². The lowest BCUT2D eigenvalue weighted by atomic mass is 9.85. The fraction of sp³-hybridized carbons (Fsp3) is 0.632. The number of rotatable bonds is 2. The van der Waals surface area contributed by atoms with Gasteiger partial charge < -0.3 is 20.1 Å². The topological polar surface area (TPSA) is 64.8 Å². The summed E-state index contributed by atoms with van der Waals surface area (Å²) in [5.74, 6) is 2.01. The predicted molar refractivity (Wildman–Crippen MR) is 91.1 cm³/mol. The van der Waals surface area contributed by atoms with Gasteiger partial charge in [0.1, 0.15) is 13.2 Å². The number of amides is 1. The molecule has 0 spiro atoms. The van der Waals surface area contributed by atoms with Gasteiger partial charge in [-0.25, -0.2) is 0 Å². The molecule has 3 aliphatic rings. The minimum absolute atomic E-state index is 0.103. The van der Waals surface area contributed by atoms with Gasteiger partial charge in [0.2, 0.25) is 5.91 Å². The second kappa shape index (κ2) is 6.63. The molecule has 2 aliphatic heterocycles. The van der Waals surface area contributed by atoms with Gasteiger partial charge >= 0.3 is 0 Å². The van der Waals surface area contributed by atoms with Gasteiger partial charge in [-0.05, 0) is 49.8 Å². The van der Waals surface area contributed by atoms with Gasteiger partial charge in [-0.2, -0.15) is 0 Å². The van der Waals surface area contributed by atoms with E-state index in [1.54, 1.807) is 0 Å². The molecule has 1 aliphatic carbocycles. The lowest BCUT2D eigenvalue weighted by Crippen LogP contribution is -2.40. The van der Waals surface area contributed by atoms with E-state index in [1.165, 1.54) is 0 Å². The van der Waals surface area contributed by atoms with Crippen LogP contribution >= 0.6 is 0 Å². The Morgan fingerprint density at radius 1 is 1.08 bits per heavy atom. The van der Waals surface area contributed by atoms with Crippen molar-refractivity contribution in [2.75, 3.05) is 19.8 Å². The van der Waals surface area contributed by atoms with Crippen LogP contribution in [0.5, 0.6) is 11.5 Å². The molecule has 1 saturated heterocycles. The van der Waals surface area contributed by atoms with E-state index in [1.807, 2.05) is 6.07 Å². The molecule has 5 nitrogen and oxygen atoms in total. The number of ether oxygens (including phenoxy) is 2. The van der Waals surface area contributed by atoms with Crippen molar-refractivity contribution in [3.8, 4) is 11.5 Å². The summed E-state index contributed by atoms with van der Waals surface area (Å²) in [5.41, 5.74) is 7.24. The number of fused-ring (bicyclic) bond motifs is 1. The van der Waals surface area contributed by atoms with Gasteiger partial charge in [-0.3, -0.25) is 4.79 Å². The molecule has 5 heteroatoms. The molecular formula is C19H26N2O3.